The maximum Gasteiger partial charge on any atom is 0.496 e. The molecule has 2 aliphatic heterocycles. The standard InChI is InChI=1S/C18H24BN3O4/c1-17(2)18(3,4)26-19(25-17)12-9-13-14(11-23)21-22(16(13)20-10-12)15-7-5-6-8-24-15/h9-11,15H,5-8H2,1-4H3/t15-/m1/s1. The summed E-state index contributed by atoms with van der Waals surface area (Å²) in [4.78, 5) is 16.1. The zero-order valence-electron chi connectivity index (χ0n) is 15.7. The summed E-state index contributed by atoms with van der Waals surface area (Å²) in [5.41, 5.74) is 0.933. The SMILES string of the molecule is CC1(C)OB(c2cnc3c(c2)c(C=O)nn3[C@H]2CCCCO2)OC1(C)C. The van der Waals surface area contributed by atoms with Gasteiger partial charge >= 0.3 is 7.12 Å². The van der Waals surface area contributed by atoms with E-state index in [9.17, 15) is 4.79 Å². The average Bonchev–Trinajstić information content (AvgIpc) is 3.09. The summed E-state index contributed by atoms with van der Waals surface area (Å²) in [5.74, 6) is 0. The van der Waals surface area contributed by atoms with Gasteiger partial charge in [-0.3, -0.25) is 4.79 Å². The van der Waals surface area contributed by atoms with Crippen molar-refractivity contribution in [2.75, 3.05) is 6.61 Å². The number of ether oxygens (including phenoxy) is 1. The normalized spacial score (nSPS) is 24.9. The predicted molar refractivity (Wildman–Crippen MR) is 97.5 cm³/mol. The van der Waals surface area contributed by atoms with Crippen LogP contribution in [0.25, 0.3) is 11.0 Å². The van der Waals surface area contributed by atoms with E-state index in [4.69, 9.17) is 14.0 Å². The largest absolute Gasteiger partial charge is 0.496 e. The van der Waals surface area contributed by atoms with Gasteiger partial charge < -0.3 is 14.0 Å². The average molecular weight is 357 g/mol. The quantitative estimate of drug-likeness (QED) is 0.620. The number of hydrogen-bond acceptors (Lipinski definition) is 6. The zero-order valence-corrected chi connectivity index (χ0v) is 15.7. The van der Waals surface area contributed by atoms with Gasteiger partial charge in [0.2, 0.25) is 0 Å². The van der Waals surface area contributed by atoms with E-state index < -0.39 is 18.3 Å². The number of carbonyl (C=O) groups is 1. The molecule has 0 radical (unpaired) electrons. The molecular weight excluding hydrogens is 333 g/mol. The summed E-state index contributed by atoms with van der Waals surface area (Å²) in [7, 11) is -0.523. The molecule has 1 atom stereocenters. The third-order valence-electron chi connectivity index (χ3n) is 5.66. The Balaban J connectivity index is 1.73. The number of nitrogens with zero attached hydrogens (tertiary/aromatic N) is 3. The molecule has 2 saturated heterocycles. The van der Waals surface area contributed by atoms with Crippen LogP contribution in [0.1, 0.15) is 63.7 Å². The Hall–Kier alpha value is -1.77. The highest BCUT2D eigenvalue weighted by Gasteiger charge is 2.51. The molecule has 0 spiro atoms. The van der Waals surface area contributed by atoms with E-state index in [0.29, 0.717) is 23.3 Å². The zero-order chi connectivity index (χ0) is 18.5. The number of fused-ring (bicyclic) bond motifs is 1. The van der Waals surface area contributed by atoms with E-state index in [1.165, 1.54) is 0 Å². The van der Waals surface area contributed by atoms with Gasteiger partial charge in [-0.05, 0) is 53.0 Å². The lowest BCUT2D eigenvalue weighted by Gasteiger charge is -2.32. The maximum absolute atomic E-state index is 11.5. The molecule has 0 N–H and O–H groups in total. The molecule has 2 aromatic heterocycles. The Morgan fingerprint density at radius 3 is 2.58 bits per heavy atom. The summed E-state index contributed by atoms with van der Waals surface area (Å²) in [6, 6.07) is 1.89. The third kappa shape index (κ3) is 2.76. The minimum atomic E-state index is -0.523. The van der Waals surface area contributed by atoms with E-state index in [0.717, 1.165) is 31.0 Å². The van der Waals surface area contributed by atoms with E-state index in [1.807, 2.05) is 33.8 Å². The summed E-state index contributed by atoms with van der Waals surface area (Å²) >= 11 is 0. The molecule has 0 aliphatic carbocycles. The van der Waals surface area contributed by atoms with Gasteiger partial charge in [0.1, 0.15) is 5.69 Å². The molecule has 0 saturated carbocycles. The molecule has 2 aromatic rings. The molecule has 2 aliphatic rings. The second-order valence-corrected chi connectivity index (χ2v) is 8.00. The van der Waals surface area contributed by atoms with Crippen LogP contribution >= 0.6 is 0 Å². The highest BCUT2D eigenvalue weighted by molar-refractivity contribution is 6.62. The monoisotopic (exact) mass is 357 g/mol. The molecular formula is C18H24BN3O4. The number of carbonyl (C=O) groups excluding carboxylic acids is 1. The van der Waals surface area contributed by atoms with Crippen molar-refractivity contribution in [3.05, 3.63) is 18.0 Å². The van der Waals surface area contributed by atoms with Crippen LogP contribution in [0.2, 0.25) is 0 Å². The summed E-state index contributed by atoms with van der Waals surface area (Å²) in [6.45, 7) is 8.74. The molecule has 7 nitrogen and oxygen atoms in total. The fourth-order valence-electron chi connectivity index (χ4n) is 3.37. The Morgan fingerprint density at radius 2 is 1.96 bits per heavy atom. The third-order valence-corrected chi connectivity index (χ3v) is 5.66. The van der Waals surface area contributed by atoms with Crippen molar-refractivity contribution in [1.29, 1.82) is 0 Å². The fraction of sp³-hybridized carbons (Fsp3) is 0.611. The van der Waals surface area contributed by atoms with Crippen molar-refractivity contribution in [2.24, 2.45) is 0 Å². The summed E-state index contributed by atoms with van der Waals surface area (Å²) in [6.07, 6.45) is 5.33. The molecule has 2 fully saturated rings. The van der Waals surface area contributed by atoms with Crippen LogP contribution in [-0.4, -0.2) is 46.0 Å². The maximum atomic E-state index is 11.5. The first kappa shape index (κ1) is 17.6. The van der Waals surface area contributed by atoms with Crippen LogP contribution in [0, 0.1) is 0 Å². The fourth-order valence-corrected chi connectivity index (χ4v) is 3.37. The van der Waals surface area contributed by atoms with Gasteiger partial charge in [-0.15, -0.1) is 0 Å². The van der Waals surface area contributed by atoms with E-state index >= 15 is 0 Å². The van der Waals surface area contributed by atoms with Crippen molar-refractivity contribution in [3.8, 4) is 0 Å². The number of aldehydes is 1. The lowest BCUT2D eigenvalue weighted by molar-refractivity contribution is -0.0370. The van der Waals surface area contributed by atoms with Crippen LogP contribution in [0.3, 0.4) is 0 Å². The smallest absolute Gasteiger partial charge is 0.399 e. The molecule has 4 rings (SSSR count). The van der Waals surface area contributed by atoms with Gasteiger partial charge in [0.15, 0.2) is 18.2 Å². The van der Waals surface area contributed by atoms with E-state index in [1.54, 1.807) is 10.9 Å². The Labute approximate surface area is 153 Å². The van der Waals surface area contributed by atoms with Gasteiger partial charge in [-0.2, -0.15) is 5.10 Å². The molecule has 26 heavy (non-hydrogen) atoms. The molecule has 0 amide bonds. The minimum absolute atomic E-state index is 0.171. The Kier molecular flexibility index (Phi) is 4.17. The van der Waals surface area contributed by atoms with Crippen LogP contribution in [-0.2, 0) is 14.0 Å². The minimum Gasteiger partial charge on any atom is -0.399 e. The van der Waals surface area contributed by atoms with Gasteiger partial charge in [-0.1, -0.05) is 0 Å². The van der Waals surface area contributed by atoms with Crippen molar-refractivity contribution >= 4 is 29.9 Å². The summed E-state index contributed by atoms with van der Waals surface area (Å²) < 4.78 is 19.7. The molecule has 4 heterocycles. The summed E-state index contributed by atoms with van der Waals surface area (Å²) in [5, 5.41) is 5.13. The van der Waals surface area contributed by atoms with Gasteiger partial charge in [0.05, 0.1) is 11.2 Å². The first-order chi connectivity index (χ1) is 12.3. The lowest BCUT2D eigenvalue weighted by atomic mass is 9.80. The van der Waals surface area contributed by atoms with E-state index in [2.05, 4.69) is 10.1 Å². The predicted octanol–water partition coefficient (Wildman–Crippen LogP) is 2.24. The van der Waals surface area contributed by atoms with Crippen molar-refractivity contribution in [2.45, 2.75) is 64.4 Å². The number of hydrogen-bond donors (Lipinski definition) is 0. The van der Waals surface area contributed by atoms with Crippen molar-refractivity contribution in [1.82, 2.24) is 14.8 Å². The Bertz CT molecular complexity index is 826. The number of pyridine rings is 1. The van der Waals surface area contributed by atoms with Crippen LogP contribution in [0.5, 0.6) is 0 Å². The number of aromatic nitrogens is 3. The molecule has 138 valence electrons. The molecule has 8 heteroatoms. The van der Waals surface area contributed by atoms with Crippen LogP contribution in [0.4, 0.5) is 0 Å². The first-order valence-corrected chi connectivity index (χ1v) is 9.13. The Morgan fingerprint density at radius 1 is 1.23 bits per heavy atom. The second-order valence-electron chi connectivity index (χ2n) is 8.00. The van der Waals surface area contributed by atoms with Gasteiger partial charge in [-0.25, -0.2) is 9.67 Å². The van der Waals surface area contributed by atoms with Crippen molar-refractivity contribution in [3.63, 3.8) is 0 Å². The second kappa shape index (κ2) is 6.15. The highest BCUT2D eigenvalue weighted by Crippen LogP contribution is 2.36. The number of rotatable bonds is 3. The topological polar surface area (TPSA) is 75.5 Å². The molecule has 0 bridgehead atoms. The van der Waals surface area contributed by atoms with Crippen LogP contribution < -0.4 is 5.46 Å². The highest BCUT2D eigenvalue weighted by atomic mass is 16.7. The lowest BCUT2D eigenvalue weighted by Crippen LogP contribution is -2.41. The first-order valence-electron chi connectivity index (χ1n) is 9.13. The molecule has 0 unspecified atom stereocenters. The van der Waals surface area contributed by atoms with Gasteiger partial charge in [0.25, 0.3) is 0 Å². The van der Waals surface area contributed by atoms with Gasteiger partial charge in [0, 0.05) is 23.7 Å². The van der Waals surface area contributed by atoms with Crippen LogP contribution in [0.15, 0.2) is 12.3 Å². The van der Waals surface area contributed by atoms with E-state index in [-0.39, 0.29) is 6.23 Å². The molecule has 0 aromatic carbocycles. The van der Waals surface area contributed by atoms with Crippen molar-refractivity contribution < 1.29 is 18.8 Å².